The highest BCUT2D eigenvalue weighted by atomic mass is 16.6. The molecular formula is C55H76O13. The van der Waals surface area contributed by atoms with Gasteiger partial charge in [0.1, 0.15) is 34.9 Å². The van der Waals surface area contributed by atoms with Crippen LogP contribution in [0.15, 0.2) is 72.9 Å². The van der Waals surface area contributed by atoms with E-state index in [0.717, 1.165) is 50.4 Å². The Labute approximate surface area is 403 Å². The molecule has 0 aromatic heterocycles. The van der Waals surface area contributed by atoms with Crippen LogP contribution in [0.3, 0.4) is 0 Å². The van der Waals surface area contributed by atoms with Gasteiger partial charge in [0, 0.05) is 28.2 Å². The van der Waals surface area contributed by atoms with Gasteiger partial charge in [-0.05, 0) is 177 Å². The summed E-state index contributed by atoms with van der Waals surface area (Å²) in [7, 11) is 0. The molecule has 2 heterocycles. The van der Waals surface area contributed by atoms with E-state index in [0.29, 0.717) is 52.1 Å². The van der Waals surface area contributed by atoms with Crippen LogP contribution in [0.1, 0.15) is 139 Å². The second-order valence-electron chi connectivity index (χ2n) is 21.3. The van der Waals surface area contributed by atoms with E-state index in [9.17, 15) is 28.8 Å². The Kier molecular flexibility index (Phi) is 18.1. The van der Waals surface area contributed by atoms with Crippen LogP contribution in [0.4, 0.5) is 0 Å². The summed E-state index contributed by atoms with van der Waals surface area (Å²) in [5, 5.41) is 8.94. The molecule has 5 atom stereocenters. The summed E-state index contributed by atoms with van der Waals surface area (Å²) in [4.78, 5) is 69.7. The van der Waals surface area contributed by atoms with Gasteiger partial charge in [0.25, 0.3) is 0 Å². The monoisotopic (exact) mass is 945 g/mol. The third kappa shape index (κ3) is 13.1. The van der Waals surface area contributed by atoms with E-state index in [-0.39, 0.29) is 58.4 Å². The van der Waals surface area contributed by atoms with Crippen molar-refractivity contribution in [2.24, 2.45) is 53.3 Å². The predicted molar refractivity (Wildman–Crippen MR) is 255 cm³/mol. The number of rotatable bonds is 12. The SMILES string of the molecule is C=C(C)C(=O)OC1(C(C)C)C2CC3CC(C2)CC1C3.C=C(C)C(=O)OC1(C(C)C)CCCC1.C=C(C)C(=O)OCC(=O)OC1C2CC3CC(C2)C(=O)OC1C3.C=C(C)C(=O)Oc1ccc(O)cc1. The second-order valence-corrected chi connectivity index (χ2v) is 21.3. The first kappa shape index (κ1) is 53.8. The summed E-state index contributed by atoms with van der Waals surface area (Å²) in [6, 6.07) is 5.91. The topological polar surface area (TPSA) is 178 Å². The minimum atomic E-state index is -0.620. The molecule has 0 amide bonds. The molecule has 374 valence electrons. The van der Waals surface area contributed by atoms with Crippen molar-refractivity contribution >= 4 is 35.8 Å². The zero-order valence-electron chi connectivity index (χ0n) is 41.7. The molecule has 7 saturated carbocycles. The minimum absolute atomic E-state index is 0.0568. The number of hydrogen-bond acceptors (Lipinski definition) is 13. The van der Waals surface area contributed by atoms with Crippen LogP contribution in [0.25, 0.3) is 0 Å². The molecule has 1 N–H and O–H groups in total. The molecule has 8 bridgehead atoms. The highest BCUT2D eigenvalue weighted by Crippen LogP contribution is 2.62. The zero-order chi connectivity index (χ0) is 50.2. The number of benzene rings is 1. The van der Waals surface area contributed by atoms with Gasteiger partial charge in [0.05, 0.1) is 5.92 Å². The lowest BCUT2D eigenvalue weighted by molar-refractivity contribution is -0.221. The molecule has 10 rings (SSSR count). The molecular weight excluding hydrogens is 869 g/mol. The molecule has 13 nitrogen and oxygen atoms in total. The maximum Gasteiger partial charge on any atom is 0.344 e. The summed E-state index contributed by atoms with van der Waals surface area (Å²) >= 11 is 0. The van der Waals surface area contributed by atoms with Crippen molar-refractivity contribution in [2.75, 3.05) is 6.61 Å². The first-order chi connectivity index (χ1) is 31.9. The fraction of sp³-hybridized carbons (Fsp3) is 0.636. The van der Waals surface area contributed by atoms with E-state index in [1.54, 1.807) is 20.8 Å². The van der Waals surface area contributed by atoms with Gasteiger partial charge in [-0.1, -0.05) is 54.0 Å². The smallest absolute Gasteiger partial charge is 0.344 e. The third-order valence-electron chi connectivity index (χ3n) is 15.3. The summed E-state index contributed by atoms with van der Waals surface area (Å²) in [6.07, 6.45) is 13.4. The average molecular weight is 945 g/mol. The molecule has 9 aliphatic rings. The van der Waals surface area contributed by atoms with Crippen molar-refractivity contribution in [3.63, 3.8) is 0 Å². The Morgan fingerprint density at radius 3 is 1.68 bits per heavy atom. The zero-order valence-corrected chi connectivity index (χ0v) is 41.7. The van der Waals surface area contributed by atoms with Crippen molar-refractivity contribution < 1.29 is 62.3 Å². The number of esters is 6. The summed E-state index contributed by atoms with van der Waals surface area (Å²) in [5.41, 5.74) is 1.19. The van der Waals surface area contributed by atoms with Gasteiger partial charge < -0.3 is 33.5 Å². The summed E-state index contributed by atoms with van der Waals surface area (Å²) in [5.74, 6) is 2.63. The molecule has 5 unspecified atom stereocenters. The van der Waals surface area contributed by atoms with E-state index in [1.807, 2.05) is 0 Å². The van der Waals surface area contributed by atoms with Gasteiger partial charge in [-0.25, -0.2) is 24.0 Å². The molecule has 2 saturated heterocycles. The van der Waals surface area contributed by atoms with Gasteiger partial charge in [-0.15, -0.1) is 0 Å². The molecule has 0 spiro atoms. The van der Waals surface area contributed by atoms with Crippen LogP contribution in [-0.2, 0) is 52.5 Å². The van der Waals surface area contributed by atoms with E-state index < -0.39 is 30.6 Å². The van der Waals surface area contributed by atoms with Crippen molar-refractivity contribution in [3.8, 4) is 11.5 Å². The molecule has 1 aromatic carbocycles. The van der Waals surface area contributed by atoms with Crippen LogP contribution < -0.4 is 4.74 Å². The Bertz CT molecular complexity index is 2040. The van der Waals surface area contributed by atoms with Gasteiger partial charge in [-0.3, -0.25) is 4.79 Å². The van der Waals surface area contributed by atoms with E-state index in [4.69, 9.17) is 33.5 Å². The Hall–Kier alpha value is -5.20. The largest absolute Gasteiger partial charge is 0.508 e. The molecule has 0 radical (unpaired) electrons. The molecule has 1 aromatic rings. The summed E-state index contributed by atoms with van der Waals surface area (Å²) < 4.78 is 32.3. The van der Waals surface area contributed by atoms with Gasteiger partial charge in [-0.2, -0.15) is 0 Å². The maximum absolute atomic E-state index is 12.1. The van der Waals surface area contributed by atoms with Crippen LogP contribution in [0.5, 0.6) is 11.5 Å². The van der Waals surface area contributed by atoms with Gasteiger partial charge >= 0.3 is 35.8 Å². The minimum Gasteiger partial charge on any atom is -0.508 e. The van der Waals surface area contributed by atoms with Crippen molar-refractivity contribution in [3.05, 3.63) is 72.9 Å². The number of phenols is 1. The average Bonchev–Trinajstić information content (AvgIpc) is 3.69. The molecule has 9 fully saturated rings. The maximum atomic E-state index is 12.1. The number of phenolic OH excluding ortho intramolecular Hbond substituents is 1. The number of fused-ring (bicyclic) bond motifs is 1. The molecule has 2 aliphatic heterocycles. The fourth-order valence-corrected chi connectivity index (χ4v) is 12.0. The molecule has 7 aliphatic carbocycles. The lowest BCUT2D eigenvalue weighted by atomic mass is 9.47. The van der Waals surface area contributed by atoms with Crippen LogP contribution in [0.2, 0.25) is 0 Å². The van der Waals surface area contributed by atoms with Crippen LogP contribution >= 0.6 is 0 Å². The van der Waals surface area contributed by atoms with Crippen LogP contribution in [-0.4, -0.2) is 70.9 Å². The number of aromatic hydroxyl groups is 1. The normalized spacial score (nSPS) is 29.5. The predicted octanol–water partition coefficient (Wildman–Crippen LogP) is 10.3. The standard InChI is InChI=1S/C17H26O2.C16H20O6.C12H20O2.C10H10O3/c1-10(2)16(18)19-17(11(3)4)14-6-12-5-13(8-14)9-15(17)7-12;1-8(2)15(18)20-7-13(17)22-14-10-3-9-4-11(6-10)16(19)21-12(14)5-9;1-9(2)11(13)14-12(10(3)4)7-5-6-8-12;1-7(2)10(12)13-9-5-3-8(11)4-6-9/h11-15H,1,5-9H2,2-4H3;9-12,14H,1,3-7H2,2H3;10H,1,5-8H2,2-4H3;3-6,11H,1H2,2H3. The third-order valence-corrected chi connectivity index (χ3v) is 15.3. The van der Waals surface area contributed by atoms with E-state index >= 15 is 0 Å². The number of ether oxygens (including phenoxy) is 6. The van der Waals surface area contributed by atoms with Crippen LogP contribution in [0, 0.1) is 53.3 Å². The van der Waals surface area contributed by atoms with Gasteiger partial charge in [0.15, 0.2) is 6.61 Å². The highest BCUT2D eigenvalue weighted by Gasteiger charge is 2.61. The fourth-order valence-electron chi connectivity index (χ4n) is 12.0. The van der Waals surface area contributed by atoms with E-state index in [2.05, 4.69) is 54.0 Å². The highest BCUT2D eigenvalue weighted by molar-refractivity contribution is 5.89. The lowest BCUT2D eigenvalue weighted by Crippen LogP contribution is -2.62. The molecule has 13 heteroatoms. The first-order valence-corrected chi connectivity index (χ1v) is 24.6. The Morgan fingerprint density at radius 2 is 1.18 bits per heavy atom. The van der Waals surface area contributed by atoms with Crippen molar-refractivity contribution in [1.82, 2.24) is 0 Å². The Balaban J connectivity index is 0.000000174. The molecule has 68 heavy (non-hydrogen) atoms. The van der Waals surface area contributed by atoms with E-state index in [1.165, 1.54) is 76.1 Å². The number of carbonyl (C=O) groups is 6. The Morgan fingerprint density at radius 1 is 0.662 bits per heavy atom. The second kappa shape index (κ2) is 22.9. The van der Waals surface area contributed by atoms with Crippen molar-refractivity contribution in [2.45, 2.75) is 162 Å². The van der Waals surface area contributed by atoms with Gasteiger partial charge in [0.2, 0.25) is 0 Å². The number of carbonyl (C=O) groups excluding carboxylic acids is 6. The number of hydrogen-bond donors (Lipinski definition) is 1. The quantitative estimate of drug-likeness (QED) is 0.0907. The first-order valence-electron chi connectivity index (χ1n) is 24.6. The van der Waals surface area contributed by atoms with Crippen molar-refractivity contribution in [1.29, 1.82) is 0 Å². The lowest BCUT2D eigenvalue weighted by Gasteiger charge is -2.61. The summed E-state index contributed by atoms with van der Waals surface area (Å²) in [6.45, 7) is 29.1.